The van der Waals surface area contributed by atoms with E-state index in [1.165, 1.54) is 7.11 Å². The molecule has 0 radical (unpaired) electrons. The van der Waals surface area contributed by atoms with Crippen LogP contribution in [0.3, 0.4) is 0 Å². The first-order valence-corrected chi connectivity index (χ1v) is 8.70. The smallest absolute Gasteiger partial charge is 0.328 e. The van der Waals surface area contributed by atoms with Crippen molar-refractivity contribution < 1.29 is 28.6 Å². The van der Waals surface area contributed by atoms with Crippen molar-refractivity contribution in [3.63, 3.8) is 0 Å². The fraction of sp³-hybridized carbons (Fsp3) is 0.556. The molecule has 0 fully saturated rings. The molecule has 0 saturated heterocycles. The van der Waals surface area contributed by atoms with E-state index in [0.29, 0.717) is 11.3 Å². The number of ether oxygens (including phenoxy) is 2. The van der Waals surface area contributed by atoms with Gasteiger partial charge in [-0.15, -0.1) is 0 Å². The molecule has 0 aliphatic rings. The maximum Gasteiger partial charge on any atom is 0.328 e. The molecule has 0 spiro atoms. The molecule has 10 heteroatoms. The highest BCUT2D eigenvalue weighted by Gasteiger charge is 2.27. The van der Waals surface area contributed by atoms with E-state index in [0.717, 1.165) is 0 Å². The van der Waals surface area contributed by atoms with Crippen molar-refractivity contribution in [2.24, 2.45) is 11.0 Å². The summed E-state index contributed by atoms with van der Waals surface area (Å²) in [4.78, 5) is 27.1. The van der Waals surface area contributed by atoms with Gasteiger partial charge in [0.15, 0.2) is 0 Å². The molecule has 0 bridgehead atoms. The van der Waals surface area contributed by atoms with E-state index in [-0.39, 0.29) is 18.9 Å². The van der Waals surface area contributed by atoms with Gasteiger partial charge in [0.25, 0.3) is 0 Å². The minimum absolute atomic E-state index is 0.146. The van der Waals surface area contributed by atoms with E-state index in [1.807, 2.05) is 0 Å². The van der Waals surface area contributed by atoms with Gasteiger partial charge in [-0.1, -0.05) is 31.1 Å². The number of esters is 1. The van der Waals surface area contributed by atoms with Crippen LogP contribution in [0.25, 0.3) is 10.4 Å². The van der Waals surface area contributed by atoms with Gasteiger partial charge in [-0.05, 0) is 29.1 Å². The summed E-state index contributed by atoms with van der Waals surface area (Å²) in [5.74, 6) is -1.02. The van der Waals surface area contributed by atoms with Crippen molar-refractivity contribution in [1.82, 2.24) is 5.32 Å². The summed E-state index contributed by atoms with van der Waals surface area (Å²) in [6.07, 6.45) is -1.05. The average molecular weight is 396 g/mol. The lowest BCUT2D eigenvalue weighted by Gasteiger charge is -2.21. The van der Waals surface area contributed by atoms with Gasteiger partial charge in [-0.25, -0.2) is 9.18 Å². The molecule has 1 aromatic rings. The molecule has 28 heavy (non-hydrogen) atoms. The summed E-state index contributed by atoms with van der Waals surface area (Å²) in [5.41, 5.74) is 9.32. The third-order valence-electron chi connectivity index (χ3n) is 3.86. The number of benzene rings is 1. The lowest BCUT2D eigenvalue weighted by molar-refractivity contribution is -0.145. The number of aliphatic hydroxyl groups excluding tert-OH is 1. The van der Waals surface area contributed by atoms with Crippen LogP contribution in [-0.2, 0) is 20.7 Å². The summed E-state index contributed by atoms with van der Waals surface area (Å²) in [7, 11) is 1.21. The Morgan fingerprint density at radius 1 is 1.32 bits per heavy atom. The summed E-state index contributed by atoms with van der Waals surface area (Å²) in [6, 6.07) is 4.64. The van der Waals surface area contributed by atoms with Gasteiger partial charge in [0, 0.05) is 11.3 Å². The highest BCUT2D eigenvalue weighted by atomic mass is 19.1. The van der Waals surface area contributed by atoms with E-state index < -0.39 is 36.7 Å². The van der Waals surface area contributed by atoms with Crippen LogP contribution in [0, 0.1) is 5.92 Å². The lowest BCUT2D eigenvalue weighted by Crippen LogP contribution is -2.47. The number of hydrogen-bond acceptors (Lipinski definition) is 6. The zero-order valence-electron chi connectivity index (χ0n) is 16.0. The van der Waals surface area contributed by atoms with E-state index >= 15 is 0 Å². The summed E-state index contributed by atoms with van der Waals surface area (Å²) < 4.78 is 22.2. The van der Waals surface area contributed by atoms with Crippen LogP contribution >= 0.6 is 0 Å². The van der Waals surface area contributed by atoms with Crippen LogP contribution in [0.5, 0.6) is 5.75 Å². The second-order valence-corrected chi connectivity index (χ2v) is 6.45. The zero-order chi connectivity index (χ0) is 21.1. The number of carbonyl (C=O) groups is 2. The van der Waals surface area contributed by atoms with Crippen LogP contribution in [0.1, 0.15) is 19.4 Å². The summed E-state index contributed by atoms with van der Waals surface area (Å²) >= 11 is 0. The van der Waals surface area contributed by atoms with Gasteiger partial charge in [-0.2, -0.15) is 0 Å². The normalized spacial score (nSPS) is 13.8. The number of azide groups is 1. The SMILES string of the molecule is COC(=O)[C@H](Cc1ccc(OCC(O)CF)cc1)NC(=O)[C@@H](N=[N+]=[N-])C(C)C. The van der Waals surface area contributed by atoms with Crippen molar-refractivity contribution in [1.29, 1.82) is 0 Å². The van der Waals surface area contributed by atoms with Crippen LogP contribution < -0.4 is 10.1 Å². The van der Waals surface area contributed by atoms with Gasteiger partial charge in [0.1, 0.15) is 37.2 Å². The zero-order valence-corrected chi connectivity index (χ0v) is 16.0. The summed E-state index contributed by atoms with van der Waals surface area (Å²) in [5, 5.41) is 15.2. The minimum atomic E-state index is -1.19. The molecule has 0 aromatic heterocycles. The number of aliphatic hydroxyl groups is 1. The Bertz CT molecular complexity index is 692. The number of methoxy groups -OCH3 is 1. The fourth-order valence-electron chi connectivity index (χ4n) is 2.33. The largest absolute Gasteiger partial charge is 0.491 e. The number of nitrogens with one attached hydrogen (secondary N) is 1. The third kappa shape index (κ3) is 7.42. The topological polar surface area (TPSA) is 134 Å². The van der Waals surface area contributed by atoms with Crippen molar-refractivity contribution in [2.75, 3.05) is 20.4 Å². The number of halogens is 1. The second kappa shape index (κ2) is 11.8. The molecule has 1 rings (SSSR count). The van der Waals surface area contributed by atoms with Gasteiger partial charge < -0.3 is 19.9 Å². The minimum Gasteiger partial charge on any atom is -0.491 e. The van der Waals surface area contributed by atoms with E-state index in [2.05, 4.69) is 15.3 Å². The molecule has 0 aliphatic carbocycles. The first-order valence-electron chi connectivity index (χ1n) is 8.70. The Balaban J connectivity index is 2.82. The Hall–Kier alpha value is -2.84. The number of nitrogens with zero attached hydrogens (tertiary/aromatic N) is 3. The molecule has 0 aliphatic heterocycles. The van der Waals surface area contributed by atoms with Crippen molar-refractivity contribution in [3.05, 3.63) is 40.3 Å². The number of amides is 1. The van der Waals surface area contributed by atoms with Crippen LogP contribution in [0.2, 0.25) is 0 Å². The van der Waals surface area contributed by atoms with E-state index in [4.69, 9.17) is 20.1 Å². The van der Waals surface area contributed by atoms with Crippen LogP contribution in [0.15, 0.2) is 29.4 Å². The summed E-state index contributed by atoms with van der Waals surface area (Å²) in [6.45, 7) is 2.38. The number of hydrogen-bond donors (Lipinski definition) is 2. The molecule has 1 unspecified atom stereocenters. The van der Waals surface area contributed by atoms with Gasteiger partial charge in [0.2, 0.25) is 5.91 Å². The number of rotatable bonds is 11. The molecule has 9 nitrogen and oxygen atoms in total. The van der Waals surface area contributed by atoms with Gasteiger partial charge in [-0.3, -0.25) is 4.79 Å². The highest BCUT2D eigenvalue weighted by molar-refractivity contribution is 5.88. The van der Waals surface area contributed by atoms with E-state index in [9.17, 15) is 14.0 Å². The number of alkyl halides is 1. The van der Waals surface area contributed by atoms with Crippen molar-refractivity contribution in [2.45, 2.75) is 38.5 Å². The van der Waals surface area contributed by atoms with Crippen LogP contribution in [-0.4, -0.2) is 55.6 Å². The van der Waals surface area contributed by atoms with Gasteiger partial charge >= 0.3 is 5.97 Å². The maximum atomic E-state index is 12.4. The second-order valence-electron chi connectivity index (χ2n) is 6.45. The highest BCUT2D eigenvalue weighted by Crippen LogP contribution is 2.15. The molecular formula is C18H25FN4O5. The monoisotopic (exact) mass is 396 g/mol. The molecule has 1 amide bonds. The molecule has 3 atom stereocenters. The maximum absolute atomic E-state index is 12.4. The number of carbonyl (C=O) groups excluding carboxylic acids is 2. The predicted molar refractivity (Wildman–Crippen MR) is 99.3 cm³/mol. The predicted octanol–water partition coefficient (Wildman–Crippen LogP) is 1.93. The molecule has 2 N–H and O–H groups in total. The quantitative estimate of drug-likeness (QED) is 0.255. The average Bonchev–Trinajstić information content (AvgIpc) is 2.69. The molecule has 154 valence electrons. The van der Waals surface area contributed by atoms with E-state index in [1.54, 1.807) is 38.1 Å². The Kier molecular flexibility index (Phi) is 9.76. The molecular weight excluding hydrogens is 371 g/mol. The van der Waals surface area contributed by atoms with Crippen molar-refractivity contribution in [3.8, 4) is 5.75 Å². The van der Waals surface area contributed by atoms with Crippen molar-refractivity contribution >= 4 is 11.9 Å². The Labute approximate surface area is 162 Å². The van der Waals surface area contributed by atoms with Crippen LogP contribution in [0.4, 0.5) is 4.39 Å². The molecule has 0 saturated carbocycles. The first-order chi connectivity index (χ1) is 13.3. The van der Waals surface area contributed by atoms with Gasteiger partial charge in [0.05, 0.1) is 7.11 Å². The molecule has 1 aromatic carbocycles. The third-order valence-corrected chi connectivity index (χ3v) is 3.86. The molecule has 0 heterocycles. The lowest BCUT2D eigenvalue weighted by atomic mass is 10.0. The fourth-order valence-corrected chi connectivity index (χ4v) is 2.33. The Morgan fingerprint density at radius 2 is 1.96 bits per heavy atom. The standard InChI is InChI=1S/C18H25FN4O5/c1-11(2)16(22-23-20)17(25)21-15(18(26)27-3)8-12-4-6-14(7-5-12)28-10-13(24)9-19/h4-7,11,13,15-16,24H,8-10H2,1-3H3,(H,21,25)/t13?,15-,16-/m0/s1. The first kappa shape index (κ1) is 23.2. The Morgan fingerprint density at radius 3 is 2.46 bits per heavy atom.